The highest BCUT2D eigenvalue weighted by atomic mass is 15.2. The molecule has 1 aliphatic carbocycles. The fourth-order valence-corrected chi connectivity index (χ4v) is 19.9. The van der Waals surface area contributed by atoms with E-state index in [0.717, 1.165) is 136 Å². The second-order valence-corrected chi connectivity index (χ2v) is 34.6. The summed E-state index contributed by atoms with van der Waals surface area (Å²) in [5.74, 6) is 0. The van der Waals surface area contributed by atoms with Crippen molar-refractivity contribution in [1.82, 2.24) is 43.6 Å². The van der Waals surface area contributed by atoms with Crippen molar-refractivity contribution in [3.05, 3.63) is 509 Å². The quantitative estimate of drug-likeness (QED) is 0.0882. The maximum absolute atomic E-state index is 4.84. The van der Waals surface area contributed by atoms with E-state index in [0.29, 0.717) is 0 Å². The fraction of sp³-hybridized carbons (Fsp3) is 0.0323. The van der Waals surface area contributed by atoms with Crippen molar-refractivity contribution < 1.29 is 0 Å². The van der Waals surface area contributed by atoms with Gasteiger partial charge in [-0.1, -0.05) is 269 Å². The zero-order valence-electron chi connectivity index (χ0n) is 75.1. The predicted octanol–water partition coefficient (Wildman–Crippen LogP) is 32.1. The average molecular weight is 1750 g/mol. The molecule has 1 aliphatic rings. The van der Waals surface area contributed by atoms with Crippen LogP contribution in [0.1, 0.15) is 30.5 Å². The van der Waals surface area contributed by atoms with Crippen molar-refractivity contribution in [2.24, 2.45) is 0 Å². The number of nitrogens with zero attached hydrogens (tertiary/aromatic N) is 12. The molecule has 0 unspecified atom stereocenters. The van der Waals surface area contributed by atoms with Crippen molar-refractivity contribution in [2.45, 2.75) is 26.2 Å². The van der Waals surface area contributed by atoms with E-state index in [4.69, 9.17) is 15.0 Å². The van der Waals surface area contributed by atoms with Crippen LogP contribution in [0.4, 0.5) is 51.2 Å². The molecule has 25 rings (SSSR count). The van der Waals surface area contributed by atoms with Gasteiger partial charge in [0.1, 0.15) is 0 Å². The minimum absolute atomic E-state index is 0.0965. The summed E-state index contributed by atoms with van der Waals surface area (Å²) in [6, 6.07) is 161. The number of para-hydroxylation sites is 6. The van der Waals surface area contributed by atoms with E-state index < -0.39 is 0 Å². The van der Waals surface area contributed by atoms with Gasteiger partial charge in [0.05, 0.1) is 120 Å². The summed E-state index contributed by atoms with van der Waals surface area (Å²) in [5, 5.41) is 7.14. The van der Waals surface area contributed by atoms with Crippen LogP contribution in [0.5, 0.6) is 0 Å². The molecule has 0 saturated carbocycles. The molecule has 9 heterocycles. The number of anilines is 9. The van der Waals surface area contributed by atoms with Crippen LogP contribution in [0.2, 0.25) is 0 Å². The fourth-order valence-electron chi connectivity index (χ4n) is 19.9. The van der Waals surface area contributed by atoms with Gasteiger partial charge >= 0.3 is 0 Å². The number of hydrogen-bond acceptors (Lipinski definition) is 9. The molecular weight excluding hydrogens is 1660 g/mol. The summed E-state index contributed by atoms with van der Waals surface area (Å²) >= 11 is 0. The van der Waals surface area contributed by atoms with Crippen LogP contribution in [0.25, 0.3) is 150 Å². The molecule has 0 N–H and O–H groups in total. The second-order valence-electron chi connectivity index (χ2n) is 34.6. The van der Waals surface area contributed by atoms with Crippen molar-refractivity contribution in [3.63, 3.8) is 0 Å². The van der Waals surface area contributed by atoms with Gasteiger partial charge in [-0.3, -0.25) is 29.9 Å². The Hall–Kier alpha value is -18.0. The molecule has 24 aromatic rings. The molecule has 0 bridgehead atoms. The minimum Gasteiger partial charge on any atom is -0.310 e. The average Bonchev–Trinajstić information content (AvgIpc) is 1.57. The van der Waals surface area contributed by atoms with Crippen molar-refractivity contribution in [2.75, 3.05) is 14.7 Å². The summed E-state index contributed by atoms with van der Waals surface area (Å²) in [7, 11) is 0. The van der Waals surface area contributed by atoms with Crippen molar-refractivity contribution in [3.8, 4) is 84.6 Å². The molecule has 0 spiro atoms. The van der Waals surface area contributed by atoms with Crippen LogP contribution in [0.15, 0.2) is 492 Å². The first-order valence-corrected chi connectivity index (χ1v) is 46.0. The Balaban J connectivity index is 0.000000115. The van der Waals surface area contributed by atoms with Crippen molar-refractivity contribution in [1.29, 1.82) is 0 Å². The molecule has 0 atom stereocenters. The third-order valence-electron chi connectivity index (χ3n) is 26.2. The van der Waals surface area contributed by atoms with E-state index >= 15 is 0 Å². The Labute approximate surface area is 789 Å². The number of aryl methyl sites for hydroxylation is 1. The largest absolute Gasteiger partial charge is 0.310 e. The standard InChI is InChI=1S/C43H32N4.C41H30N4.C40H28N4/c1-43(2)35-17-8-6-15-32(35)33-24-22-30(27-36(33)43)46(29-13-4-3-5-14-29)40-20-12-21-41-42(40)34-16-7-9-19-39(34)47(41)31-23-25-38(45-28-31)37-18-10-11-26-44-37;1-29-12-5-6-15-34(29)30-21-23-32(24-22-30)44(31-13-3-2-4-14-31)39-19-11-20-40-41(39)35-16-7-8-18-38(35)45(40)33-25-26-37(43-28-33)36-17-9-10-27-42-36;1-3-13-29(14-4-1)30-15-11-18-32(27-30)43(31-16-5-2-6-17-31)38-22-12-23-39-40(38)34-19-7-8-21-37(34)44(39)33-24-25-36(42-28-33)35-20-9-10-26-41-35/h3-28H,1-2H3;2-28H,1H3;1-28H. The Morgan fingerprint density at radius 3 is 0.956 bits per heavy atom. The van der Waals surface area contributed by atoms with Gasteiger partial charge in [-0.2, -0.15) is 0 Å². The second kappa shape index (κ2) is 35.7. The Kier molecular flexibility index (Phi) is 21.6. The minimum atomic E-state index is -0.0965. The van der Waals surface area contributed by atoms with Gasteiger partial charge in [0.2, 0.25) is 0 Å². The normalized spacial score (nSPS) is 11.8. The SMILES string of the molecule is CC1(C)c2ccccc2-c2ccc(N(c3ccccc3)c3cccc4c3c3ccccc3n4-c3ccc(-c4ccccn4)nc3)cc21.Cc1ccccc1-c1ccc(N(c2ccccc2)c2cccc3c2c2ccccc2n3-c2ccc(-c3ccccn3)nc2)cc1.c1ccc(-c2cccc(N(c3ccccc3)c3cccc4c3c3ccccc3n4-c3ccc(-c4ccccn4)nc3)c2)cc1. The number of hydrogen-bond donors (Lipinski definition) is 0. The highest BCUT2D eigenvalue weighted by Gasteiger charge is 2.37. The van der Waals surface area contributed by atoms with Gasteiger partial charge in [0.15, 0.2) is 0 Å². The zero-order chi connectivity index (χ0) is 91.0. The van der Waals surface area contributed by atoms with Gasteiger partial charge in [0.25, 0.3) is 0 Å². The van der Waals surface area contributed by atoms with Crippen LogP contribution in [0.3, 0.4) is 0 Å². The first-order chi connectivity index (χ1) is 67.2. The molecule has 12 heteroatoms. The summed E-state index contributed by atoms with van der Waals surface area (Å²) < 4.78 is 6.95. The molecule has 9 aromatic heterocycles. The lowest BCUT2D eigenvalue weighted by Gasteiger charge is -2.28. The summed E-state index contributed by atoms with van der Waals surface area (Å²) in [6.07, 6.45) is 11.3. The number of pyridine rings is 6. The smallest absolute Gasteiger partial charge is 0.0887 e. The molecule has 0 saturated heterocycles. The lowest BCUT2D eigenvalue weighted by atomic mass is 9.82. The Bertz CT molecular complexity index is 8470. The summed E-state index contributed by atoms with van der Waals surface area (Å²) in [4.78, 5) is 35.1. The molecule has 646 valence electrons. The lowest BCUT2D eigenvalue weighted by molar-refractivity contribution is 0.660. The maximum atomic E-state index is 4.84. The van der Waals surface area contributed by atoms with Gasteiger partial charge < -0.3 is 28.4 Å². The van der Waals surface area contributed by atoms with E-state index in [1.54, 1.807) is 18.6 Å². The van der Waals surface area contributed by atoms with Crippen molar-refractivity contribution >= 4 is 117 Å². The first kappa shape index (κ1) is 82.4. The topological polar surface area (TPSA) is 102 Å². The highest BCUT2D eigenvalue weighted by Crippen LogP contribution is 2.53. The van der Waals surface area contributed by atoms with Crippen LogP contribution < -0.4 is 14.7 Å². The molecule has 0 fully saturated rings. The summed E-state index contributed by atoms with van der Waals surface area (Å²) in [6.45, 7) is 6.85. The first-order valence-electron chi connectivity index (χ1n) is 46.0. The molecule has 0 aliphatic heterocycles. The van der Waals surface area contributed by atoms with E-state index in [-0.39, 0.29) is 5.41 Å². The highest BCUT2D eigenvalue weighted by molar-refractivity contribution is 6.19. The van der Waals surface area contributed by atoms with Crippen LogP contribution in [-0.4, -0.2) is 43.6 Å². The Morgan fingerprint density at radius 2 is 0.537 bits per heavy atom. The molecule has 136 heavy (non-hydrogen) atoms. The zero-order valence-corrected chi connectivity index (χ0v) is 75.1. The van der Waals surface area contributed by atoms with Crippen LogP contribution in [0, 0.1) is 6.92 Å². The monoisotopic (exact) mass is 1750 g/mol. The van der Waals surface area contributed by atoms with E-state index in [9.17, 15) is 0 Å². The van der Waals surface area contributed by atoms with Gasteiger partial charge in [-0.25, -0.2) is 0 Å². The molecule has 0 radical (unpaired) electrons. The molecule has 12 nitrogen and oxygen atoms in total. The lowest BCUT2D eigenvalue weighted by Crippen LogP contribution is -2.16. The maximum Gasteiger partial charge on any atom is 0.0887 e. The van der Waals surface area contributed by atoms with Gasteiger partial charge in [-0.15, -0.1) is 0 Å². The number of rotatable bonds is 17. The molecular formula is C124H90N12. The third kappa shape index (κ3) is 15.2. The number of aromatic nitrogens is 9. The Morgan fingerprint density at radius 1 is 0.213 bits per heavy atom. The number of fused-ring (bicyclic) bond motifs is 12. The van der Waals surface area contributed by atoms with Crippen LogP contribution >= 0.6 is 0 Å². The predicted molar refractivity (Wildman–Crippen MR) is 563 cm³/mol. The summed E-state index contributed by atoms with van der Waals surface area (Å²) in [5.41, 5.74) is 36.4. The van der Waals surface area contributed by atoms with E-state index in [1.807, 2.05) is 79.3 Å². The van der Waals surface area contributed by atoms with Crippen LogP contribution in [-0.2, 0) is 5.41 Å². The number of benzene rings is 15. The molecule has 15 aromatic carbocycles. The van der Waals surface area contributed by atoms with Gasteiger partial charge in [0, 0.05) is 90.4 Å². The van der Waals surface area contributed by atoms with Gasteiger partial charge in [-0.05, 0) is 257 Å². The molecule has 0 amide bonds. The van der Waals surface area contributed by atoms with E-state index in [2.05, 4.69) is 458 Å². The third-order valence-corrected chi connectivity index (χ3v) is 26.2. The van der Waals surface area contributed by atoms with E-state index in [1.165, 1.54) is 82.4 Å².